The van der Waals surface area contributed by atoms with E-state index in [2.05, 4.69) is 45.0 Å². The topological polar surface area (TPSA) is 54.8 Å². The Labute approximate surface area is 162 Å². The van der Waals surface area contributed by atoms with Gasteiger partial charge in [-0.2, -0.15) is 5.10 Å². The van der Waals surface area contributed by atoms with Crippen LogP contribution in [0.5, 0.6) is 0 Å². The zero-order valence-corrected chi connectivity index (χ0v) is 15.2. The first-order valence-corrected chi connectivity index (χ1v) is 9.06. The quantitative estimate of drug-likeness (QED) is 0.482. The van der Waals surface area contributed by atoms with E-state index >= 15 is 0 Å². The fraction of sp³-hybridized carbons (Fsp3) is 0.0909. The molecule has 0 amide bonds. The minimum absolute atomic E-state index is 0.250. The Hall–Kier alpha value is -3.67. The highest BCUT2D eigenvalue weighted by molar-refractivity contribution is 5.81. The van der Waals surface area contributed by atoms with Crippen molar-refractivity contribution in [2.24, 2.45) is 0 Å². The first-order valence-electron chi connectivity index (χ1n) is 9.06. The van der Waals surface area contributed by atoms with E-state index in [1.54, 1.807) is 23.1 Å². The van der Waals surface area contributed by atoms with Crippen LogP contribution in [0, 0.1) is 5.82 Å². The molecule has 0 saturated heterocycles. The maximum absolute atomic E-state index is 13.1. The summed E-state index contributed by atoms with van der Waals surface area (Å²) >= 11 is 0. The standard InChI is InChI=1S/C22H20FN5/c23-18-6-8-19(9-7-18)27-20-10-11-21(17-4-2-1-3-5-17)22(14-20)25-12-13-28-16-24-15-26-28/h1-11,14-16,25,27H,12-13H2. The lowest BCUT2D eigenvalue weighted by molar-refractivity contribution is 0.628. The molecule has 0 saturated carbocycles. The molecule has 0 unspecified atom stereocenters. The summed E-state index contributed by atoms with van der Waals surface area (Å²) in [5.41, 5.74) is 5.03. The van der Waals surface area contributed by atoms with Crippen molar-refractivity contribution in [3.8, 4) is 11.1 Å². The van der Waals surface area contributed by atoms with Crippen LogP contribution in [-0.4, -0.2) is 21.3 Å². The molecule has 0 aliphatic heterocycles. The molecule has 3 aromatic carbocycles. The third kappa shape index (κ3) is 4.35. The minimum Gasteiger partial charge on any atom is -0.383 e. The van der Waals surface area contributed by atoms with Crippen LogP contribution in [0.25, 0.3) is 11.1 Å². The number of rotatable bonds is 7. The van der Waals surface area contributed by atoms with Crippen LogP contribution >= 0.6 is 0 Å². The van der Waals surface area contributed by atoms with E-state index in [9.17, 15) is 4.39 Å². The molecule has 0 aliphatic rings. The van der Waals surface area contributed by atoms with E-state index in [0.717, 1.165) is 28.2 Å². The largest absolute Gasteiger partial charge is 0.383 e. The zero-order chi connectivity index (χ0) is 19.2. The van der Waals surface area contributed by atoms with Crippen LogP contribution < -0.4 is 10.6 Å². The summed E-state index contributed by atoms with van der Waals surface area (Å²) in [6, 6.07) is 22.7. The van der Waals surface area contributed by atoms with Crippen molar-refractivity contribution < 1.29 is 4.39 Å². The van der Waals surface area contributed by atoms with E-state index in [1.165, 1.54) is 18.5 Å². The van der Waals surface area contributed by atoms with E-state index < -0.39 is 0 Å². The van der Waals surface area contributed by atoms with Crippen molar-refractivity contribution in [1.29, 1.82) is 0 Å². The molecule has 1 aromatic heterocycles. The predicted octanol–water partition coefficient (Wildman–Crippen LogP) is 4.94. The molecule has 6 heteroatoms. The Balaban J connectivity index is 1.57. The van der Waals surface area contributed by atoms with Gasteiger partial charge in [0.05, 0.1) is 6.54 Å². The Kier molecular flexibility index (Phi) is 5.29. The van der Waals surface area contributed by atoms with Gasteiger partial charge in [0.25, 0.3) is 0 Å². The lowest BCUT2D eigenvalue weighted by Gasteiger charge is -2.15. The van der Waals surface area contributed by atoms with Gasteiger partial charge < -0.3 is 10.6 Å². The molecule has 1 heterocycles. The van der Waals surface area contributed by atoms with Crippen LogP contribution in [-0.2, 0) is 6.54 Å². The SMILES string of the molecule is Fc1ccc(Nc2ccc(-c3ccccc3)c(NCCn3cncn3)c2)cc1. The summed E-state index contributed by atoms with van der Waals surface area (Å²) in [5.74, 6) is -0.250. The number of anilines is 3. The summed E-state index contributed by atoms with van der Waals surface area (Å²) in [6.45, 7) is 1.42. The molecule has 28 heavy (non-hydrogen) atoms. The zero-order valence-electron chi connectivity index (χ0n) is 15.2. The van der Waals surface area contributed by atoms with E-state index in [1.807, 2.05) is 24.3 Å². The maximum atomic E-state index is 13.1. The van der Waals surface area contributed by atoms with Gasteiger partial charge in [0.2, 0.25) is 0 Å². The lowest BCUT2D eigenvalue weighted by atomic mass is 10.0. The number of hydrogen-bond acceptors (Lipinski definition) is 4. The number of benzene rings is 3. The summed E-state index contributed by atoms with van der Waals surface area (Å²) in [5, 5.41) is 10.9. The second-order valence-electron chi connectivity index (χ2n) is 6.34. The van der Waals surface area contributed by atoms with Crippen LogP contribution in [0.4, 0.5) is 21.5 Å². The Morgan fingerprint density at radius 2 is 1.68 bits per heavy atom. The van der Waals surface area contributed by atoms with Gasteiger partial charge in [0, 0.05) is 29.2 Å². The number of nitrogens with one attached hydrogen (secondary N) is 2. The van der Waals surface area contributed by atoms with Crippen molar-refractivity contribution in [2.45, 2.75) is 6.54 Å². The highest BCUT2D eigenvalue weighted by Crippen LogP contribution is 2.31. The lowest BCUT2D eigenvalue weighted by Crippen LogP contribution is -2.11. The van der Waals surface area contributed by atoms with Crippen LogP contribution in [0.2, 0.25) is 0 Å². The van der Waals surface area contributed by atoms with E-state index in [4.69, 9.17) is 0 Å². The monoisotopic (exact) mass is 373 g/mol. The highest BCUT2D eigenvalue weighted by atomic mass is 19.1. The molecule has 4 rings (SSSR count). The summed E-state index contributed by atoms with van der Waals surface area (Å²) in [7, 11) is 0. The summed E-state index contributed by atoms with van der Waals surface area (Å²) < 4.78 is 14.9. The number of hydrogen-bond donors (Lipinski definition) is 2. The van der Waals surface area contributed by atoms with Gasteiger partial charge in [-0.15, -0.1) is 0 Å². The van der Waals surface area contributed by atoms with Gasteiger partial charge in [-0.1, -0.05) is 36.4 Å². The van der Waals surface area contributed by atoms with Crippen LogP contribution in [0.1, 0.15) is 0 Å². The molecule has 5 nitrogen and oxygen atoms in total. The molecule has 0 spiro atoms. The van der Waals surface area contributed by atoms with Crippen molar-refractivity contribution in [3.63, 3.8) is 0 Å². The van der Waals surface area contributed by atoms with Crippen molar-refractivity contribution >= 4 is 17.1 Å². The molecule has 140 valence electrons. The van der Waals surface area contributed by atoms with E-state index in [0.29, 0.717) is 13.1 Å². The van der Waals surface area contributed by atoms with Gasteiger partial charge in [-0.3, -0.25) is 4.68 Å². The van der Waals surface area contributed by atoms with Gasteiger partial charge in [0.15, 0.2) is 0 Å². The normalized spacial score (nSPS) is 10.6. The fourth-order valence-corrected chi connectivity index (χ4v) is 2.99. The average molecular weight is 373 g/mol. The molecular weight excluding hydrogens is 353 g/mol. The molecule has 0 fully saturated rings. The van der Waals surface area contributed by atoms with Gasteiger partial charge in [-0.25, -0.2) is 9.37 Å². The summed E-state index contributed by atoms with van der Waals surface area (Å²) in [6.07, 6.45) is 3.23. The molecule has 0 radical (unpaired) electrons. The van der Waals surface area contributed by atoms with Crippen molar-refractivity contribution in [1.82, 2.24) is 14.8 Å². The Bertz CT molecular complexity index is 1010. The first kappa shape index (κ1) is 17.7. The van der Waals surface area contributed by atoms with Crippen molar-refractivity contribution in [3.05, 3.63) is 91.3 Å². The fourth-order valence-electron chi connectivity index (χ4n) is 2.99. The number of aromatic nitrogens is 3. The van der Waals surface area contributed by atoms with E-state index in [-0.39, 0.29) is 5.82 Å². The molecular formula is C22H20FN5. The molecule has 2 N–H and O–H groups in total. The third-order valence-electron chi connectivity index (χ3n) is 4.36. The average Bonchev–Trinajstić information content (AvgIpc) is 3.24. The Morgan fingerprint density at radius 1 is 0.893 bits per heavy atom. The second-order valence-corrected chi connectivity index (χ2v) is 6.34. The molecule has 0 bridgehead atoms. The first-order chi connectivity index (χ1) is 13.8. The van der Waals surface area contributed by atoms with Gasteiger partial charge in [-0.05, 0) is 42.0 Å². The third-order valence-corrected chi connectivity index (χ3v) is 4.36. The van der Waals surface area contributed by atoms with Crippen molar-refractivity contribution in [2.75, 3.05) is 17.2 Å². The van der Waals surface area contributed by atoms with Gasteiger partial charge >= 0.3 is 0 Å². The Morgan fingerprint density at radius 3 is 2.43 bits per heavy atom. The smallest absolute Gasteiger partial charge is 0.137 e. The highest BCUT2D eigenvalue weighted by Gasteiger charge is 2.07. The number of nitrogens with zero attached hydrogens (tertiary/aromatic N) is 3. The number of halogens is 1. The molecule has 0 atom stereocenters. The van der Waals surface area contributed by atoms with Crippen LogP contribution in [0.3, 0.4) is 0 Å². The van der Waals surface area contributed by atoms with Gasteiger partial charge in [0.1, 0.15) is 18.5 Å². The predicted molar refractivity (Wildman–Crippen MR) is 110 cm³/mol. The van der Waals surface area contributed by atoms with Crippen LogP contribution in [0.15, 0.2) is 85.5 Å². The molecule has 4 aromatic rings. The molecule has 0 aliphatic carbocycles. The minimum atomic E-state index is -0.250. The maximum Gasteiger partial charge on any atom is 0.137 e. The summed E-state index contributed by atoms with van der Waals surface area (Å²) in [4.78, 5) is 3.97. The second kappa shape index (κ2) is 8.35.